The van der Waals surface area contributed by atoms with Crippen LogP contribution in [0.15, 0.2) is 29.2 Å². The fourth-order valence-electron chi connectivity index (χ4n) is 3.42. The van der Waals surface area contributed by atoms with Crippen molar-refractivity contribution in [3.63, 3.8) is 0 Å². The number of anilines is 1. The molecule has 1 aliphatic rings. The molecule has 1 aromatic carbocycles. The zero-order chi connectivity index (χ0) is 23.8. The number of rotatable bonds is 6. The Morgan fingerprint density at radius 2 is 1.81 bits per heavy atom. The largest absolute Gasteiger partial charge is 0.365 e. The van der Waals surface area contributed by atoms with Crippen LogP contribution in [-0.2, 0) is 27.8 Å². The number of carbonyl (C=O) groups is 3. The Kier molecular flexibility index (Phi) is 6.72. The van der Waals surface area contributed by atoms with E-state index in [4.69, 9.17) is 5.73 Å². The van der Waals surface area contributed by atoms with Gasteiger partial charge in [0.05, 0.1) is 17.0 Å². The number of nitrogens with two attached hydrogens (primary N) is 1. The monoisotopic (exact) mass is 478 g/mol. The lowest BCUT2D eigenvalue weighted by Crippen LogP contribution is -2.34. The van der Waals surface area contributed by atoms with E-state index in [1.54, 1.807) is 18.7 Å². The summed E-state index contributed by atoms with van der Waals surface area (Å²) in [5.41, 5.74) is 6.84. The first kappa shape index (κ1) is 23.9. The predicted octanol–water partition coefficient (Wildman–Crippen LogP) is 2.03. The third kappa shape index (κ3) is 4.54. The second-order valence-electron chi connectivity index (χ2n) is 7.86. The third-order valence-corrected chi connectivity index (χ3v) is 8.68. The van der Waals surface area contributed by atoms with Gasteiger partial charge in [0, 0.05) is 37.0 Å². The molecule has 3 amide bonds. The van der Waals surface area contributed by atoms with E-state index in [0.717, 1.165) is 10.4 Å². The van der Waals surface area contributed by atoms with Crippen LogP contribution >= 0.6 is 11.3 Å². The number of primary amides is 1. The smallest absolute Gasteiger partial charge is 0.256 e. The Labute approximate surface area is 191 Å². The summed E-state index contributed by atoms with van der Waals surface area (Å²) in [6.07, 6.45) is 0.482. The minimum Gasteiger partial charge on any atom is -0.365 e. The number of sulfonamides is 1. The number of hydrogen-bond donors (Lipinski definition) is 2. The van der Waals surface area contributed by atoms with E-state index in [1.165, 1.54) is 53.9 Å². The lowest BCUT2D eigenvalue weighted by atomic mass is 10.0. The molecule has 2 heterocycles. The zero-order valence-corrected chi connectivity index (χ0v) is 20.0. The van der Waals surface area contributed by atoms with Crippen LogP contribution in [0.4, 0.5) is 5.00 Å². The number of fused-ring (bicyclic) bond motifs is 1. The molecule has 0 aliphatic carbocycles. The molecule has 32 heavy (non-hydrogen) atoms. The van der Waals surface area contributed by atoms with E-state index in [-0.39, 0.29) is 28.0 Å². The second kappa shape index (κ2) is 9.00. The molecule has 0 radical (unpaired) electrons. The maximum absolute atomic E-state index is 12.8. The average molecular weight is 479 g/mol. The van der Waals surface area contributed by atoms with Crippen molar-refractivity contribution < 1.29 is 22.8 Å². The number of carbonyl (C=O) groups excluding carboxylic acids is 3. The SMILES string of the molecule is CC(=O)N1CCc2c(sc(NC(=O)c3ccc(S(=O)(=O)N(C)C(C)C)cc3)c2C(N)=O)C1. The number of hydrogen-bond acceptors (Lipinski definition) is 6. The second-order valence-corrected chi connectivity index (χ2v) is 11.0. The normalized spacial score (nSPS) is 13.9. The Morgan fingerprint density at radius 1 is 1.19 bits per heavy atom. The molecule has 11 heteroatoms. The summed E-state index contributed by atoms with van der Waals surface area (Å²) in [5, 5.41) is 3.05. The van der Waals surface area contributed by atoms with Crippen LogP contribution in [0.5, 0.6) is 0 Å². The molecule has 0 unspecified atom stereocenters. The van der Waals surface area contributed by atoms with Gasteiger partial charge in [0.25, 0.3) is 11.8 Å². The first-order valence-corrected chi connectivity index (χ1v) is 12.3. The van der Waals surface area contributed by atoms with E-state index in [2.05, 4.69) is 5.32 Å². The van der Waals surface area contributed by atoms with Crippen LogP contribution in [0.1, 0.15) is 51.9 Å². The van der Waals surface area contributed by atoms with Crippen LogP contribution in [0.25, 0.3) is 0 Å². The van der Waals surface area contributed by atoms with Gasteiger partial charge >= 0.3 is 0 Å². The number of amides is 3. The highest BCUT2D eigenvalue weighted by atomic mass is 32.2. The topological polar surface area (TPSA) is 130 Å². The van der Waals surface area contributed by atoms with Gasteiger partial charge in [-0.3, -0.25) is 14.4 Å². The highest BCUT2D eigenvalue weighted by Crippen LogP contribution is 2.37. The van der Waals surface area contributed by atoms with Crippen molar-refractivity contribution >= 4 is 44.1 Å². The number of thiophene rings is 1. The highest BCUT2D eigenvalue weighted by molar-refractivity contribution is 7.89. The molecule has 2 aromatic rings. The summed E-state index contributed by atoms with van der Waals surface area (Å²) in [7, 11) is -2.16. The van der Waals surface area contributed by atoms with E-state index in [9.17, 15) is 22.8 Å². The molecule has 0 spiro atoms. The van der Waals surface area contributed by atoms with Crippen LogP contribution in [0.3, 0.4) is 0 Å². The van der Waals surface area contributed by atoms with E-state index in [1.807, 2.05) is 0 Å². The molecule has 1 aliphatic heterocycles. The molecule has 3 N–H and O–H groups in total. The molecule has 0 saturated carbocycles. The van der Waals surface area contributed by atoms with Gasteiger partial charge < -0.3 is 16.0 Å². The van der Waals surface area contributed by atoms with Crippen molar-refractivity contribution in [2.24, 2.45) is 5.73 Å². The van der Waals surface area contributed by atoms with Crippen molar-refractivity contribution in [3.8, 4) is 0 Å². The zero-order valence-electron chi connectivity index (χ0n) is 18.3. The average Bonchev–Trinajstić information content (AvgIpc) is 3.10. The molecular weight excluding hydrogens is 452 g/mol. The molecule has 0 saturated heterocycles. The van der Waals surface area contributed by atoms with Crippen LogP contribution in [0, 0.1) is 0 Å². The summed E-state index contributed by atoms with van der Waals surface area (Å²) in [4.78, 5) is 39.1. The molecule has 0 atom stereocenters. The summed E-state index contributed by atoms with van der Waals surface area (Å²) in [6.45, 7) is 5.87. The van der Waals surface area contributed by atoms with Gasteiger partial charge in [0.1, 0.15) is 5.00 Å². The lowest BCUT2D eigenvalue weighted by Gasteiger charge is -2.25. The van der Waals surface area contributed by atoms with Crippen molar-refractivity contribution in [2.75, 3.05) is 18.9 Å². The van der Waals surface area contributed by atoms with Gasteiger partial charge in [-0.05, 0) is 50.1 Å². The van der Waals surface area contributed by atoms with Crippen molar-refractivity contribution in [1.82, 2.24) is 9.21 Å². The van der Waals surface area contributed by atoms with Crippen LogP contribution in [-0.4, -0.2) is 55.0 Å². The molecule has 172 valence electrons. The fourth-order valence-corrected chi connectivity index (χ4v) is 6.05. The third-order valence-electron chi connectivity index (χ3n) is 5.50. The molecule has 0 fully saturated rings. The Bertz CT molecular complexity index is 1170. The van der Waals surface area contributed by atoms with E-state index >= 15 is 0 Å². The molecule has 1 aromatic heterocycles. The van der Waals surface area contributed by atoms with Gasteiger partial charge in [0.15, 0.2) is 0 Å². The van der Waals surface area contributed by atoms with Crippen LogP contribution in [0.2, 0.25) is 0 Å². The number of benzene rings is 1. The quantitative estimate of drug-likeness (QED) is 0.656. The lowest BCUT2D eigenvalue weighted by molar-refractivity contribution is -0.129. The Hall–Kier alpha value is -2.76. The molecular formula is C21H26N4O5S2. The predicted molar refractivity (Wildman–Crippen MR) is 122 cm³/mol. The first-order valence-electron chi connectivity index (χ1n) is 10.0. The standard InChI is InChI=1S/C21H26N4O5S2/c1-12(2)24(4)32(29,30)15-7-5-14(6-8-15)20(28)23-21-18(19(22)27)16-9-10-25(13(3)26)11-17(16)31-21/h5-8,12H,9-11H2,1-4H3,(H2,22,27)(H,23,28). The van der Waals surface area contributed by atoms with Crippen molar-refractivity contribution in [1.29, 1.82) is 0 Å². The molecule has 9 nitrogen and oxygen atoms in total. The fraction of sp³-hybridized carbons (Fsp3) is 0.381. The van der Waals surface area contributed by atoms with E-state index in [0.29, 0.717) is 24.5 Å². The van der Waals surface area contributed by atoms with Gasteiger partial charge in [-0.15, -0.1) is 11.3 Å². The highest BCUT2D eigenvalue weighted by Gasteiger charge is 2.29. The van der Waals surface area contributed by atoms with Crippen molar-refractivity contribution in [2.45, 2.75) is 44.7 Å². The maximum Gasteiger partial charge on any atom is 0.256 e. The van der Waals surface area contributed by atoms with E-state index < -0.39 is 21.8 Å². The number of nitrogens with zero attached hydrogens (tertiary/aromatic N) is 2. The van der Waals surface area contributed by atoms with Gasteiger partial charge in [0.2, 0.25) is 15.9 Å². The molecule has 0 bridgehead atoms. The summed E-state index contributed by atoms with van der Waals surface area (Å²) in [5.74, 6) is -1.20. The van der Waals surface area contributed by atoms with Gasteiger partial charge in [-0.2, -0.15) is 4.31 Å². The molecule has 3 rings (SSSR count). The summed E-state index contributed by atoms with van der Waals surface area (Å²) < 4.78 is 26.5. The Morgan fingerprint density at radius 3 is 2.34 bits per heavy atom. The minimum atomic E-state index is -3.66. The summed E-state index contributed by atoms with van der Waals surface area (Å²) >= 11 is 1.22. The van der Waals surface area contributed by atoms with Crippen LogP contribution < -0.4 is 11.1 Å². The summed E-state index contributed by atoms with van der Waals surface area (Å²) in [6, 6.07) is 5.39. The maximum atomic E-state index is 12.8. The van der Waals surface area contributed by atoms with Crippen molar-refractivity contribution in [3.05, 3.63) is 45.8 Å². The van der Waals surface area contributed by atoms with Gasteiger partial charge in [-0.1, -0.05) is 0 Å². The van der Waals surface area contributed by atoms with Gasteiger partial charge in [-0.25, -0.2) is 8.42 Å². The first-order chi connectivity index (χ1) is 14.9. The number of nitrogens with one attached hydrogen (secondary N) is 1. The Balaban J connectivity index is 1.85. The minimum absolute atomic E-state index is 0.0617.